The maximum absolute atomic E-state index is 13.0. The van der Waals surface area contributed by atoms with Gasteiger partial charge in [0.25, 0.3) is 11.6 Å². The number of anilines is 1. The number of benzene rings is 3. The molecule has 3 aromatic rings. The first-order valence-corrected chi connectivity index (χ1v) is 10.7. The lowest BCUT2D eigenvalue weighted by Crippen LogP contribution is -2.25. The van der Waals surface area contributed by atoms with Gasteiger partial charge in [-0.3, -0.25) is 24.5 Å². The minimum atomic E-state index is -1.17. The number of fused-ring (bicyclic) bond motifs is 2. The van der Waals surface area contributed by atoms with Crippen molar-refractivity contribution >= 4 is 50.7 Å². The molecule has 1 aliphatic rings. The molecule has 0 fully saturated rings. The summed E-state index contributed by atoms with van der Waals surface area (Å²) >= 11 is 3.35. The zero-order valence-electron chi connectivity index (χ0n) is 17.6. The van der Waals surface area contributed by atoms with Gasteiger partial charge in [0.1, 0.15) is 11.1 Å². The van der Waals surface area contributed by atoms with Crippen molar-refractivity contribution in [1.29, 1.82) is 0 Å². The number of hydrogen-bond acceptors (Lipinski definition) is 7. The Balaban J connectivity index is 1.60. The van der Waals surface area contributed by atoms with Crippen LogP contribution in [0.15, 0.2) is 59.1 Å². The van der Waals surface area contributed by atoms with E-state index in [1.807, 2.05) is 6.92 Å². The van der Waals surface area contributed by atoms with Crippen molar-refractivity contribution in [2.75, 3.05) is 11.9 Å². The summed E-state index contributed by atoms with van der Waals surface area (Å²) in [5, 5.41) is 14.4. The molecular weight excluding hydrogens is 508 g/mol. The number of rotatable bonds is 5. The summed E-state index contributed by atoms with van der Waals surface area (Å²) in [6.07, 6.45) is 0. The van der Waals surface area contributed by atoms with Crippen molar-refractivity contribution in [3.8, 4) is 0 Å². The number of amides is 1. The Hall–Kier alpha value is -4.18. The maximum atomic E-state index is 13.0. The van der Waals surface area contributed by atoms with Crippen molar-refractivity contribution in [1.82, 2.24) is 0 Å². The van der Waals surface area contributed by atoms with Crippen LogP contribution in [0.1, 0.15) is 47.8 Å². The summed E-state index contributed by atoms with van der Waals surface area (Å²) < 4.78 is 5.82. The average molecular weight is 523 g/mol. The molecule has 1 amide bonds. The van der Waals surface area contributed by atoms with Crippen LogP contribution in [0.25, 0.3) is 0 Å². The maximum Gasteiger partial charge on any atom is 0.345 e. The summed E-state index contributed by atoms with van der Waals surface area (Å²) in [5.41, 5.74) is -0.518. The minimum Gasteiger partial charge on any atom is -0.452 e. The number of carbonyl (C=O) groups is 4. The second-order valence-electron chi connectivity index (χ2n) is 7.43. The number of nitrogens with zero attached hydrogens (tertiary/aromatic N) is 1. The highest BCUT2D eigenvalue weighted by Crippen LogP contribution is 2.35. The molecule has 0 spiro atoms. The molecule has 0 unspecified atom stereocenters. The molecule has 0 heterocycles. The summed E-state index contributed by atoms with van der Waals surface area (Å²) in [6, 6.07) is 13.3. The predicted molar refractivity (Wildman–Crippen MR) is 124 cm³/mol. The van der Waals surface area contributed by atoms with E-state index in [4.69, 9.17) is 4.74 Å². The number of esters is 1. The highest BCUT2D eigenvalue weighted by Gasteiger charge is 2.39. The molecule has 9 nitrogen and oxygen atoms in total. The van der Waals surface area contributed by atoms with E-state index in [0.717, 1.165) is 16.1 Å². The molecule has 10 heteroatoms. The number of nitro benzene ring substituents is 1. The van der Waals surface area contributed by atoms with Gasteiger partial charge in [0, 0.05) is 26.9 Å². The molecule has 0 bridgehead atoms. The highest BCUT2D eigenvalue weighted by atomic mass is 79.9. The van der Waals surface area contributed by atoms with Gasteiger partial charge in [-0.2, -0.15) is 0 Å². The Kier molecular flexibility index (Phi) is 6.08. The standard InChI is InChI=1S/C24H15BrN2O7/c1-12-10-13(6-9-18(12)25)26-19(28)11-34-24(31)17-8-7-16-20(21(17)27(32)33)23(30)15-5-3-2-4-14(15)22(16)29/h2-10H,11H2,1H3,(H,26,28). The number of ketones is 2. The van der Waals surface area contributed by atoms with Gasteiger partial charge in [-0.1, -0.05) is 40.2 Å². The van der Waals surface area contributed by atoms with E-state index in [-0.39, 0.29) is 16.7 Å². The van der Waals surface area contributed by atoms with Crippen LogP contribution in [0.5, 0.6) is 0 Å². The number of aryl methyl sites for hydroxylation is 1. The Morgan fingerprint density at radius 3 is 2.32 bits per heavy atom. The molecule has 3 aromatic carbocycles. The van der Waals surface area contributed by atoms with Crippen LogP contribution < -0.4 is 5.32 Å². The highest BCUT2D eigenvalue weighted by molar-refractivity contribution is 9.10. The van der Waals surface area contributed by atoms with Gasteiger partial charge >= 0.3 is 5.97 Å². The van der Waals surface area contributed by atoms with Crippen LogP contribution in [0.2, 0.25) is 0 Å². The number of hydrogen-bond donors (Lipinski definition) is 1. The van der Waals surface area contributed by atoms with Gasteiger partial charge in [-0.05, 0) is 42.8 Å². The van der Waals surface area contributed by atoms with Gasteiger partial charge in [0.05, 0.1) is 4.92 Å². The van der Waals surface area contributed by atoms with E-state index in [2.05, 4.69) is 21.2 Å². The molecular formula is C24H15BrN2O7. The van der Waals surface area contributed by atoms with E-state index in [9.17, 15) is 29.3 Å². The number of halogens is 1. The van der Waals surface area contributed by atoms with E-state index in [0.29, 0.717) is 5.69 Å². The van der Waals surface area contributed by atoms with Gasteiger partial charge in [-0.15, -0.1) is 0 Å². The number of nitrogens with one attached hydrogen (secondary N) is 1. The Bertz CT molecular complexity index is 1410. The van der Waals surface area contributed by atoms with E-state index in [1.165, 1.54) is 24.3 Å². The van der Waals surface area contributed by atoms with Crippen LogP contribution >= 0.6 is 15.9 Å². The lowest BCUT2D eigenvalue weighted by Gasteiger charge is -2.18. The molecule has 0 aromatic heterocycles. The second kappa shape index (κ2) is 8.99. The molecule has 34 heavy (non-hydrogen) atoms. The molecule has 1 aliphatic carbocycles. The monoisotopic (exact) mass is 522 g/mol. The number of ether oxygens (including phenoxy) is 1. The molecule has 0 aliphatic heterocycles. The topological polar surface area (TPSA) is 133 Å². The largest absolute Gasteiger partial charge is 0.452 e. The predicted octanol–water partition coefficient (Wildman–Crippen LogP) is 4.24. The summed E-state index contributed by atoms with van der Waals surface area (Å²) in [4.78, 5) is 61.6. The van der Waals surface area contributed by atoms with Crippen molar-refractivity contribution in [3.05, 3.63) is 103 Å². The summed E-state index contributed by atoms with van der Waals surface area (Å²) in [7, 11) is 0. The molecule has 4 rings (SSSR count). The molecule has 0 saturated heterocycles. The average Bonchev–Trinajstić information content (AvgIpc) is 2.82. The first-order chi connectivity index (χ1) is 16.2. The summed E-state index contributed by atoms with van der Waals surface area (Å²) in [5.74, 6) is -3.13. The van der Waals surface area contributed by atoms with E-state index < -0.39 is 51.8 Å². The van der Waals surface area contributed by atoms with Gasteiger partial charge in [-0.25, -0.2) is 4.79 Å². The zero-order valence-corrected chi connectivity index (χ0v) is 19.2. The van der Waals surface area contributed by atoms with Crippen molar-refractivity contribution in [3.63, 3.8) is 0 Å². The third-order valence-corrected chi connectivity index (χ3v) is 6.13. The normalized spacial score (nSPS) is 11.9. The molecule has 0 radical (unpaired) electrons. The number of nitro groups is 1. The van der Waals surface area contributed by atoms with Crippen molar-refractivity contribution in [2.24, 2.45) is 0 Å². The van der Waals surface area contributed by atoms with Gasteiger partial charge in [0.15, 0.2) is 12.4 Å². The van der Waals surface area contributed by atoms with E-state index >= 15 is 0 Å². The third-order valence-electron chi connectivity index (χ3n) is 5.24. The van der Waals surface area contributed by atoms with Crippen molar-refractivity contribution < 1.29 is 28.8 Å². The zero-order chi connectivity index (χ0) is 24.6. The first-order valence-electron chi connectivity index (χ1n) is 9.92. The van der Waals surface area contributed by atoms with Crippen LogP contribution in [0, 0.1) is 17.0 Å². The first kappa shape index (κ1) is 23.0. The molecule has 170 valence electrons. The summed E-state index contributed by atoms with van der Waals surface area (Å²) in [6.45, 7) is 1.12. The fraction of sp³-hybridized carbons (Fsp3) is 0.0833. The lowest BCUT2D eigenvalue weighted by atomic mass is 9.82. The Morgan fingerprint density at radius 2 is 1.68 bits per heavy atom. The van der Waals surface area contributed by atoms with Gasteiger partial charge < -0.3 is 10.1 Å². The van der Waals surface area contributed by atoms with Gasteiger partial charge in [0.2, 0.25) is 5.78 Å². The molecule has 0 atom stereocenters. The molecule has 1 N–H and O–H groups in total. The lowest BCUT2D eigenvalue weighted by molar-refractivity contribution is -0.385. The second-order valence-corrected chi connectivity index (χ2v) is 8.29. The quantitative estimate of drug-likeness (QED) is 0.235. The fourth-order valence-electron chi connectivity index (χ4n) is 3.65. The van der Waals surface area contributed by atoms with E-state index in [1.54, 1.807) is 24.3 Å². The minimum absolute atomic E-state index is 0.0118. The Labute approximate surface area is 201 Å². The van der Waals surface area contributed by atoms with Crippen LogP contribution in [0.4, 0.5) is 11.4 Å². The Morgan fingerprint density at radius 1 is 1.00 bits per heavy atom. The van der Waals surface area contributed by atoms with Crippen LogP contribution in [0.3, 0.4) is 0 Å². The SMILES string of the molecule is Cc1cc(NC(=O)COC(=O)c2ccc3c(c2[N+](=O)[O-])C(=O)c2ccccc2C3=O)ccc1Br. The number of carbonyl (C=O) groups excluding carboxylic acids is 4. The van der Waals surface area contributed by atoms with Crippen LogP contribution in [-0.2, 0) is 9.53 Å². The van der Waals surface area contributed by atoms with Crippen LogP contribution in [-0.4, -0.2) is 35.0 Å². The third kappa shape index (κ3) is 4.11. The van der Waals surface area contributed by atoms with Crippen molar-refractivity contribution in [2.45, 2.75) is 6.92 Å². The smallest absolute Gasteiger partial charge is 0.345 e. The molecule has 0 saturated carbocycles. The fourth-order valence-corrected chi connectivity index (χ4v) is 3.90.